The monoisotopic (exact) mass is 715 g/mol. The molecule has 0 unspecified atom stereocenters. The van der Waals surface area contributed by atoms with Crippen LogP contribution in [0.3, 0.4) is 0 Å². The second-order valence-corrected chi connectivity index (χ2v) is 10.8. The van der Waals surface area contributed by atoms with Crippen molar-refractivity contribution in [2.24, 2.45) is 0 Å². The first-order chi connectivity index (χ1) is 23.0. The minimum Gasteiger partial charge on any atom is -0.465 e. The molecule has 0 aliphatic carbocycles. The first kappa shape index (κ1) is 40.6. The van der Waals surface area contributed by atoms with E-state index < -0.39 is 109 Å². The summed E-state index contributed by atoms with van der Waals surface area (Å²) in [5.41, 5.74) is 0.633. The number of benzene rings is 1. The molecule has 18 heteroatoms. The number of hydrogen-bond acceptors (Lipinski definition) is 16. The average Bonchev–Trinajstić information content (AvgIpc) is 3.03. The maximum atomic E-state index is 13.5. The van der Waals surface area contributed by atoms with Crippen LogP contribution in [0.4, 0.5) is 0 Å². The Kier molecular flexibility index (Phi) is 15.6. The van der Waals surface area contributed by atoms with Crippen LogP contribution in [0.25, 0.3) is 0 Å². The molecule has 2 rings (SSSR count). The topological polar surface area (TPSA) is 214 Å². The van der Waals surface area contributed by atoms with E-state index in [4.69, 9.17) is 49.5 Å². The van der Waals surface area contributed by atoms with Crippen molar-refractivity contribution in [1.29, 1.82) is 0 Å². The molecule has 0 N–H and O–H groups in total. The van der Waals surface area contributed by atoms with E-state index in [2.05, 4.69) is 0 Å². The molecule has 0 bridgehead atoms. The molecule has 49 heavy (non-hydrogen) atoms. The van der Waals surface area contributed by atoms with Crippen LogP contribution in [0, 0.1) is 0 Å². The largest absolute Gasteiger partial charge is 0.465 e. The highest BCUT2D eigenvalue weighted by molar-refractivity contribution is 6.26. The summed E-state index contributed by atoms with van der Waals surface area (Å²) in [6.45, 7) is 3.04. The normalized spacial score (nSPS) is 21.2. The first-order valence-electron chi connectivity index (χ1n) is 14.7. The summed E-state index contributed by atoms with van der Waals surface area (Å²) < 4.78 is 43.3. The highest BCUT2D eigenvalue weighted by atomic mass is 35.5. The zero-order valence-electron chi connectivity index (χ0n) is 27.7. The van der Waals surface area contributed by atoms with Gasteiger partial charge in [0.15, 0.2) is 12.2 Å². The van der Waals surface area contributed by atoms with Crippen molar-refractivity contribution < 1.29 is 76.3 Å². The summed E-state index contributed by atoms with van der Waals surface area (Å²) >= 11 is 5.64. The lowest BCUT2D eigenvalue weighted by Crippen LogP contribution is -2.70. The molecule has 2 amide bonds. The van der Waals surface area contributed by atoms with Crippen LogP contribution in [0.1, 0.15) is 46.6 Å². The van der Waals surface area contributed by atoms with E-state index >= 15 is 0 Å². The standard InChI is InChI=1S/C31H38ClNO16/c1-17(34)33(18(2)35)27-23(46-20(4)37)12-31(30(41)42-6,45-16-26(40)44-14-22-10-8-7-9-11-22)49-29(27)28(47-21(5)38)24(15-43-19(3)36)48-25(39)13-32/h7-11,23-24,27-29H,12-16H2,1-6H3/t23-,24+,27+,28+,29+,31+/m0/s1. The molecule has 0 aromatic heterocycles. The minimum atomic E-state index is -2.68. The second kappa shape index (κ2) is 18.8. The van der Waals surface area contributed by atoms with E-state index in [1.165, 1.54) is 0 Å². The number of ether oxygens (including phenoxy) is 8. The van der Waals surface area contributed by atoms with Crippen molar-refractivity contribution in [1.82, 2.24) is 4.90 Å². The molecule has 0 spiro atoms. The average molecular weight is 716 g/mol. The number of alkyl halides is 1. The number of carbonyl (C=O) groups is 8. The zero-order chi connectivity index (χ0) is 36.9. The third kappa shape index (κ3) is 11.8. The van der Waals surface area contributed by atoms with E-state index in [1.807, 2.05) is 0 Å². The fourth-order valence-corrected chi connectivity index (χ4v) is 5.07. The van der Waals surface area contributed by atoms with Crippen LogP contribution >= 0.6 is 11.6 Å². The lowest BCUT2D eigenvalue weighted by atomic mass is 9.86. The number of hydrogen-bond donors (Lipinski definition) is 0. The van der Waals surface area contributed by atoms with E-state index in [0.29, 0.717) is 10.5 Å². The summed E-state index contributed by atoms with van der Waals surface area (Å²) in [6, 6.07) is 6.86. The molecule has 1 aliphatic heterocycles. The lowest BCUT2D eigenvalue weighted by Gasteiger charge is -2.50. The molecular formula is C31H38ClNO16. The Morgan fingerprint density at radius 2 is 1.51 bits per heavy atom. The van der Waals surface area contributed by atoms with Gasteiger partial charge in [-0.1, -0.05) is 30.3 Å². The number of nitrogens with zero attached hydrogens (tertiary/aromatic N) is 1. The molecule has 1 saturated heterocycles. The van der Waals surface area contributed by atoms with Crippen LogP contribution in [0.5, 0.6) is 0 Å². The Hall–Kier alpha value is -4.61. The van der Waals surface area contributed by atoms with Crippen molar-refractivity contribution in [3.8, 4) is 0 Å². The van der Waals surface area contributed by atoms with Crippen LogP contribution in [-0.4, -0.2) is 115 Å². The Labute approximate surface area is 286 Å². The molecule has 0 radical (unpaired) electrons. The summed E-state index contributed by atoms with van der Waals surface area (Å²) in [5.74, 6) is -11.4. The van der Waals surface area contributed by atoms with Crippen molar-refractivity contribution in [3.05, 3.63) is 35.9 Å². The van der Waals surface area contributed by atoms with Gasteiger partial charge in [0, 0.05) is 34.6 Å². The van der Waals surface area contributed by atoms with E-state index in [-0.39, 0.29) is 6.61 Å². The van der Waals surface area contributed by atoms with Gasteiger partial charge in [-0.25, -0.2) is 9.59 Å². The lowest BCUT2D eigenvalue weighted by molar-refractivity contribution is -0.319. The number of rotatable bonds is 15. The van der Waals surface area contributed by atoms with Crippen molar-refractivity contribution in [2.45, 2.75) is 83.9 Å². The van der Waals surface area contributed by atoms with E-state index in [9.17, 15) is 38.4 Å². The predicted molar refractivity (Wildman–Crippen MR) is 162 cm³/mol. The maximum Gasteiger partial charge on any atom is 0.366 e. The number of amides is 2. The SMILES string of the molecule is COC(=O)[C@@]1(OCC(=O)OCc2ccccc2)C[C@H](OC(C)=O)[C@@H](N(C(C)=O)C(C)=O)[C@H]([C@H](OC(C)=O)[C@@H](COC(C)=O)OC(=O)CCl)O1. The van der Waals surface area contributed by atoms with Crippen LogP contribution in [-0.2, 0) is 82.9 Å². The van der Waals surface area contributed by atoms with Gasteiger partial charge in [0.05, 0.1) is 13.5 Å². The Balaban J connectivity index is 2.76. The Morgan fingerprint density at radius 1 is 0.878 bits per heavy atom. The fourth-order valence-electron chi connectivity index (χ4n) is 5.01. The minimum absolute atomic E-state index is 0.166. The van der Waals surface area contributed by atoms with Gasteiger partial charge in [0.25, 0.3) is 5.79 Å². The van der Waals surface area contributed by atoms with Crippen LogP contribution in [0.15, 0.2) is 30.3 Å². The molecule has 0 saturated carbocycles. The molecular weight excluding hydrogens is 678 g/mol. The smallest absolute Gasteiger partial charge is 0.366 e. The second-order valence-electron chi connectivity index (χ2n) is 10.6. The third-order valence-electron chi connectivity index (χ3n) is 6.81. The Bertz CT molecular complexity index is 1370. The molecule has 1 aromatic carbocycles. The fraction of sp³-hybridized carbons (Fsp3) is 0.548. The van der Waals surface area contributed by atoms with E-state index in [0.717, 1.165) is 41.7 Å². The van der Waals surface area contributed by atoms with Gasteiger partial charge in [-0.3, -0.25) is 33.7 Å². The summed E-state index contributed by atoms with van der Waals surface area (Å²) in [6.07, 6.45) is -8.15. The van der Waals surface area contributed by atoms with Gasteiger partial charge in [-0.05, 0) is 5.56 Å². The van der Waals surface area contributed by atoms with Gasteiger partial charge in [-0.2, -0.15) is 0 Å². The number of imide groups is 1. The summed E-state index contributed by atoms with van der Waals surface area (Å²) in [5, 5.41) is 0. The van der Waals surface area contributed by atoms with Gasteiger partial charge >= 0.3 is 35.8 Å². The summed E-state index contributed by atoms with van der Waals surface area (Å²) in [7, 11) is 0.944. The predicted octanol–water partition coefficient (Wildman–Crippen LogP) is 0.745. The van der Waals surface area contributed by atoms with Gasteiger partial charge in [-0.15, -0.1) is 11.6 Å². The highest BCUT2D eigenvalue weighted by Gasteiger charge is 2.61. The van der Waals surface area contributed by atoms with Crippen molar-refractivity contribution in [2.75, 3.05) is 26.2 Å². The highest BCUT2D eigenvalue weighted by Crippen LogP contribution is 2.39. The van der Waals surface area contributed by atoms with Crippen LogP contribution < -0.4 is 0 Å². The molecule has 1 heterocycles. The number of halogens is 1. The molecule has 6 atom stereocenters. The molecule has 1 aromatic rings. The zero-order valence-corrected chi connectivity index (χ0v) is 28.4. The number of esters is 6. The van der Waals surface area contributed by atoms with Gasteiger partial charge in [0.1, 0.15) is 44.0 Å². The number of carbonyl (C=O) groups excluding carboxylic acids is 8. The molecule has 1 fully saturated rings. The molecule has 17 nitrogen and oxygen atoms in total. The van der Waals surface area contributed by atoms with Gasteiger partial charge in [0.2, 0.25) is 11.8 Å². The van der Waals surface area contributed by atoms with Crippen LogP contribution in [0.2, 0.25) is 0 Å². The van der Waals surface area contributed by atoms with Gasteiger partial charge < -0.3 is 37.9 Å². The van der Waals surface area contributed by atoms with E-state index in [1.54, 1.807) is 30.3 Å². The quantitative estimate of drug-likeness (QED) is 0.139. The maximum absolute atomic E-state index is 13.5. The third-order valence-corrected chi connectivity index (χ3v) is 7.02. The summed E-state index contributed by atoms with van der Waals surface area (Å²) in [4.78, 5) is 102. The Morgan fingerprint density at radius 3 is 2.02 bits per heavy atom. The first-order valence-corrected chi connectivity index (χ1v) is 15.2. The molecule has 1 aliphatic rings. The van der Waals surface area contributed by atoms with Crippen molar-refractivity contribution in [3.63, 3.8) is 0 Å². The number of methoxy groups -OCH3 is 1. The molecule has 270 valence electrons. The van der Waals surface area contributed by atoms with Crippen molar-refractivity contribution >= 4 is 59.2 Å².